The van der Waals surface area contributed by atoms with Crippen LogP contribution in [0.4, 0.5) is 10.5 Å². The molecule has 1 saturated heterocycles. The summed E-state index contributed by atoms with van der Waals surface area (Å²) in [5.74, 6) is -0.0580. The van der Waals surface area contributed by atoms with Crippen LogP contribution in [0.1, 0.15) is 23.6 Å². The lowest BCUT2D eigenvalue weighted by molar-refractivity contribution is -0.131. The van der Waals surface area contributed by atoms with Gasteiger partial charge in [-0.15, -0.1) is 0 Å². The van der Waals surface area contributed by atoms with Crippen molar-refractivity contribution < 1.29 is 14.7 Å². The third kappa shape index (κ3) is 5.56. The van der Waals surface area contributed by atoms with E-state index in [9.17, 15) is 14.7 Å². The molecule has 0 aliphatic carbocycles. The predicted octanol–water partition coefficient (Wildman–Crippen LogP) is 1.99. The number of anilines is 1. The maximum Gasteiger partial charge on any atom is 0.316 e. The van der Waals surface area contributed by atoms with Crippen LogP contribution in [-0.2, 0) is 11.2 Å². The molecule has 0 saturated carbocycles. The number of primary amides is 1. The quantitative estimate of drug-likeness (QED) is 0.666. The Kier molecular flexibility index (Phi) is 6.85. The first-order chi connectivity index (χ1) is 13.9. The predicted molar refractivity (Wildman–Crippen MR) is 112 cm³/mol. The number of nitrogens with zero attached hydrogens (tertiary/aromatic N) is 2. The van der Waals surface area contributed by atoms with Gasteiger partial charge in [-0.1, -0.05) is 48.5 Å². The summed E-state index contributed by atoms with van der Waals surface area (Å²) in [4.78, 5) is 28.3. The molecule has 3 rings (SSSR count). The zero-order valence-electron chi connectivity index (χ0n) is 16.6. The highest BCUT2D eigenvalue weighted by atomic mass is 16.3. The second-order valence-electron chi connectivity index (χ2n) is 7.46. The Morgan fingerprint density at radius 2 is 1.90 bits per heavy atom. The lowest BCUT2D eigenvalue weighted by atomic mass is 10.0. The molecule has 0 aromatic heterocycles. The van der Waals surface area contributed by atoms with Crippen LogP contribution in [0.15, 0.2) is 54.6 Å². The number of carbonyl (C=O) groups is 2. The Labute approximate surface area is 171 Å². The monoisotopic (exact) mass is 396 g/mol. The normalized spacial score (nSPS) is 17.7. The number of nitrogens with two attached hydrogens (primary N) is 1. The van der Waals surface area contributed by atoms with Gasteiger partial charge in [-0.3, -0.25) is 9.69 Å². The van der Waals surface area contributed by atoms with Crippen LogP contribution in [-0.4, -0.2) is 59.6 Å². The number of carbonyl (C=O) groups excluding carboxylic acids is 2. The summed E-state index contributed by atoms with van der Waals surface area (Å²) in [5.41, 5.74) is 7.55. The van der Waals surface area contributed by atoms with Crippen LogP contribution in [0.2, 0.25) is 0 Å². The van der Waals surface area contributed by atoms with Crippen molar-refractivity contribution in [1.29, 1.82) is 0 Å². The van der Waals surface area contributed by atoms with Crippen LogP contribution in [0.3, 0.4) is 0 Å². The Hall–Kier alpha value is -2.90. The lowest BCUT2D eigenvalue weighted by Gasteiger charge is -2.32. The van der Waals surface area contributed by atoms with Gasteiger partial charge >= 0.3 is 6.03 Å². The van der Waals surface area contributed by atoms with Crippen LogP contribution in [0.25, 0.3) is 0 Å². The van der Waals surface area contributed by atoms with E-state index in [2.05, 4.69) is 10.2 Å². The molecular weight excluding hydrogens is 368 g/mol. The van der Waals surface area contributed by atoms with Gasteiger partial charge in [0.15, 0.2) is 0 Å². The number of likely N-dealkylation sites (N-methyl/N-ethyl adjacent to an activating group) is 1. The second-order valence-corrected chi connectivity index (χ2v) is 7.46. The van der Waals surface area contributed by atoms with Gasteiger partial charge in [-0.25, -0.2) is 4.79 Å². The summed E-state index contributed by atoms with van der Waals surface area (Å²) in [6, 6.07) is 16.3. The van der Waals surface area contributed by atoms with E-state index in [0.29, 0.717) is 24.3 Å². The van der Waals surface area contributed by atoms with E-state index in [1.54, 1.807) is 24.1 Å². The summed E-state index contributed by atoms with van der Waals surface area (Å²) >= 11 is 0. The molecule has 2 aromatic carbocycles. The second kappa shape index (κ2) is 9.54. The number of urea groups is 1. The van der Waals surface area contributed by atoms with Gasteiger partial charge < -0.3 is 21.1 Å². The number of hydrogen-bond donors (Lipinski definition) is 3. The number of aliphatic hydroxyl groups is 1. The van der Waals surface area contributed by atoms with Gasteiger partial charge in [0.05, 0.1) is 18.6 Å². The first-order valence-electron chi connectivity index (χ1n) is 9.79. The number of aliphatic hydroxyl groups excluding tert-OH is 1. The summed E-state index contributed by atoms with van der Waals surface area (Å²) in [7, 11) is 1.80. The molecule has 1 fully saturated rings. The Morgan fingerprint density at radius 3 is 2.55 bits per heavy atom. The molecule has 4 N–H and O–H groups in total. The fourth-order valence-electron chi connectivity index (χ4n) is 3.74. The summed E-state index contributed by atoms with van der Waals surface area (Å²) < 4.78 is 0. The van der Waals surface area contributed by atoms with E-state index in [1.807, 2.05) is 42.5 Å². The molecular formula is C22H28N4O3. The molecule has 0 radical (unpaired) electrons. The first-order valence-corrected chi connectivity index (χ1v) is 9.79. The number of likely N-dealkylation sites (tertiary alicyclic amines) is 1. The molecule has 7 heteroatoms. The van der Waals surface area contributed by atoms with Crippen LogP contribution in [0.5, 0.6) is 0 Å². The number of β-amino-alcohol motifs (C(OH)–C–C–N with tert-alkyl or cyclic N) is 1. The average molecular weight is 396 g/mol. The Balaban J connectivity index is 1.77. The van der Waals surface area contributed by atoms with E-state index >= 15 is 0 Å². The number of amides is 3. The van der Waals surface area contributed by atoms with Crippen molar-refractivity contribution in [2.45, 2.75) is 25.0 Å². The van der Waals surface area contributed by atoms with Gasteiger partial charge in [0, 0.05) is 32.4 Å². The Morgan fingerprint density at radius 1 is 1.21 bits per heavy atom. The van der Waals surface area contributed by atoms with Crippen molar-refractivity contribution in [3.63, 3.8) is 0 Å². The van der Waals surface area contributed by atoms with Gasteiger partial charge in [0.2, 0.25) is 5.91 Å². The van der Waals surface area contributed by atoms with Crippen molar-refractivity contribution in [3.8, 4) is 0 Å². The van der Waals surface area contributed by atoms with Gasteiger partial charge in [-0.05, 0) is 23.6 Å². The fraction of sp³-hybridized carbons (Fsp3) is 0.364. The van der Waals surface area contributed by atoms with Crippen molar-refractivity contribution >= 4 is 17.6 Å². The molecule has 1 heterocycles. The highest BCUT2D eigenvalue weighted by molar-refractivity contribution is 5.90. The van der Waals surface area contributed by atoms with Crippen LogP contribution in [0, 0.1) is 0 Å². The average Bonchev–Trinajstić information content (AvgIpc) is 3.12. The van der Waals surface area contributed by atoms with E-state index in [1.165, 1.54) is 0 Å². The Bertz CT molecular complexity index is 843. The molecule has 1 aliphatic rings. The standard InChI is InChI=1S/C22H28N4O3/c1-25(21(28)13-17-9-5-6-10-19(17)24-22(23)29)20(16-7-3-2-4-8-16)15-26-12-11-18(27)14-26/h2-10,18,20,27H,11-15H2,1H3,(H3,23,24,29)/t18-,20+/m0/s1. The van der Waals surface area contributed by atoms with Gasteiger partial charge in [0.1, 0.15) is 0 Å². The molecule has 0 unspecified atom stereocenters. The van der Waals surface area contributed by atoms with Crippen molar-refractivity contribution in [2.24, 2.45) is 5.73 Å². The highest BCUT2D eigenvalue weighted by Gasteiger charge is 2.28. The number of hydrogen-bond acceptors (Lipinski definition) is 4. The minimum atomic E-state index is -0.659. The summed E-state index contributed by atoms with van der Waals surface area (Å²) in [6.45, 7) is 2.10. The van der Waals surface area contributed by atoms with E-state index < -0.39 is 6.03 Å². The van der Waals surface area contributed by atoms with E-state index in [0.717, 1.165) is 18.5 Å². The molecule has 2 aromatic rings. The number of para-hydroxylation sites is 1. The van der Waals surface area contributed by atoms with Gasteiger partial charge in [0.25, 0.3) is 0 Å². The molecule has 7 nitrogen and oxygen atoms in total. The molecule has 3 amide bonds. The first kappa shape index (κ1) is 20.8. The third-order valence-corrected chi connectivity index (χ3v) is 5.34. The van der Waals surface area contributed by atoms with E-state index in [4.69, 9.17) is 5.73 Å². The summed E-state index contributed by atoms with van der Waals surface area (Å²) in [6.07, 6.45) is 0.601. The molecule has 0 spiro atoms. The number of nitrogens with one attached hydrogen (secondary N) is 1. The summed E-state index contributed by atoms with van der Waals surface area (Å²) in [5, 5.41) is 12.4. The fourth-order valence-corrected chi connectivity index (χ4v) is 3.74. The maximum atomic E-state index is 13.1. The van der Waals surface area contributed by atoms with Crippen molar-refractivity contribution in [3.05, 3.63) is 65.7 Å². The van der Waals surface area contributed by atoms with Gasteiger partial charge in [-0.2, -0.15) is 0 Å². The maximum absolute atomic E-state index is 13.1. The third-order valence-electron chi connectivity index (χ3n) is 5.34. The number of rotatable bonds is 7. The van der Waals surface area contributed by atoms with E-state index in [-0.39, 0.29) is 24.5 Å². The van der Waals surface area contributed by atoms with Crippen LogP contribution >= 0.6 is 0 Å². The van der Waals surface area contributed by atoms with Crippen molar-refractivity contribution in [1.82, 2.24) is 9.80 Å². The minimum absolute atomic E-state index is 0.0580. The zero-order chi connectivity index (χ0) is 20.8. The minimum Gasteiger partial charge on any atom is -0.392 e. The SMILES string of the molecule is CN(C(=O)Cc1ccccc1NC(N)=O)[C@H](CN1CC[C@H](O)C1)c1ccccc1. The largest absolute Gasteiger partial charge is 0.392 e. The van der Waals surface area contributed by atoms with Crippen molar-refractivity contribution in [2.75, 3.05) is 32.0 Å². The van der Waals surface area contributed by atoms with Crippen LogP contribution < -0.4 is 11.1 Å². The lowest BCUT2D eigenvalue weighted by Crippen LogP contribution is -2.39. The molecule has 29 heavy (non-hydrogen) atoms. The zero-order valence-corrected chi connectivity index (χ0v) is 16.6. The highest BCUT2D eigenvalue weighted by Crippen LogP contribution is 2.25. The number of benzene rings is 2. The smallest absolute Gasteiger partial charge is 0.316 e. The molecule has 1 aliphatic heterocycles. The topological polar surface area (TPSA) is 98.9 Å². The molecule has 0 bridgehead atoms. The molecule has 2 atom stereocenters. The molecule has 154 valence electrons.